The summed E-state index contributed by atoms with van der Waals surface area (Å²) in [5.41, 5.74) is 5.19. The lowest BCUT2D eigenvalue weighted by molar-refractivity contribution is 0.0949. The molecule has 0 spiro atoms. The molecular formula is C11H13FN2O2S. The van der Waals surface area contributed by atoms with Gasteiger partial charge in [-0.2, -0.15) is 0 Å². The fraction of sp³-hybridized carbons (Fsp3) is 0.273. The van der Waals surface area contributed by atoms with Gasteiger partial charge < -0.3 is 16.2 Å². The van der Waals surface area contributed by atoms with Gasteiger partial charge in [-0.25, -0.2) is 4.39 Å². The van der Waals surface area contributed by atoms with Gasteiger partial charge >= 0.3 is 0 Å². The second-order valence-electron chi connectivity index (χ2n) is 3.49. The first kappa shape index (κ1) is 13.4. The Labute approximate surface area is 104 Å². The molecule has 1 aromatic carbocycles. The molecule has 0 saturated heterocycles. The smallest absolute Gasteiger partial charge is 0.254 e. The van der Waals surface area contributed by atoms with Crippen molar-refractivity contribution in [2.24, 2.45) is 5.73 Å². The molecule has 0 saturated carbocycles. The maximum absolute atomic E-state index is 13.3. The van der Waals surface area contributed by atoms with Crippen LogP contribution in [0.15, 0.2) is 18.2 Å². The van der Waals surface area contributed by atoms with Crippen molar-refractivity contribution >= 4 is 23.1 Å². The number of thiocarbonyl (C=S) groups is 1. The van der Waals surface area contributed by atoms with Crippen LogP contribution in [0.3, 0.4) is 0 Å². The number of halogens is 1. The molecule has 0 aliphatic heterocycles. The number of rotatable bonds is 5. The van der Waals surface area contributed by atoms with Gasteiger partial charge in [0.15, 0.2) is 0 Å². The van der Waals surface area contributed by atoms with Crippen molar-refractivity contribution in [3.63, 3.8) is 0 Å². The second kappa shape index (κ2) is 6.15. The highest BCUT2D eigenvalue weighted by atomic mass is 32.1. The Morgan fingerprint density at radius 2 is 2.24 bits per heavy atom. The first-order valence-electron chi connectivity index (χ1n) is 5.05. The van der Waals surface area contributed by atoms with Gasteiger partial charge in [-0.15, -0.1) is 0 Å². The quantitative estimate of drug-likeness (QED) is 0.549. The van der Waals surface area contributed by atoms with E-state index < -0.39 is 11.7 Å². The van der Waals surface area contributed by atoms with E-state index in [-0.39, 0.29) is 11.3 Å². The predicted octanol–water partition coefficient (Wildman–Crippen LogP) is 1.33. The Kier molecular flexibility index (Phi) is 4.84. The molecule has 1 rings (SSSR count). The number of nitrogens with one attached hydrogen (secondary N) is 1. The third-order valence-electron chi connectivity index (χ3n) is 2.08. The van der Waals surface area contributed by atoms with Crippen molar-refractivity contribution in [2.45, 2.75) is 12.8 Å². The zero-order valence-electron chi connectivity index (χ0n) is 9.07. The van der Waals surface area contributed by atoms with Gasteiger partial charge in [0.2, 0.25) is 0 Å². The standard InChI is InChI=1S/C11H13FN2O2S/c12-9-6-7(15)3-4-8(9)11(16)14-5-1-2-10(13)17/h3-4,6,15H,1-2,5H2,(H2,13,17)(H,14,16). The van der Waals surface area contributed by atoms with Crippen LogP contribution < -0.4 is 11.1 Å². The Hall–Kier alpha value is -1.69. The van der Waals surface area contributed by atoms with E-state index in [9.17, 15) is 9.18 Å². The number of phenols is 1. The first-order valence-corrected chi connectivity index (χ1v) is 5.46. The molecule has 0 unspecified atom stereocenters. The van der Waals surface area contributed by atoms with Crippen LogP contribution in [-0.2, 0) is 0 Å². The van der Waals surface area contributed by atoms with E-state index in [0.717, 1.165) is 6.07 Å². The third kappa shape index (κ3) is 4.36. The Morgan fingerprint density at radius 1 is 1.53 bits per heavy atom. The van der Waals surface area contributed by atoms with Crippen LogP contribution in [0.4, 0.5) is 4.39 Å². The summed E-state index contributed by atoms with van der Waals surface area (Å²) in [6.07, 6.45) is 1.15. The third-order valence-corrected chi connectivity index (χ3v) is 2.29. The molecule has 0 aliphatic carbocycles. The van der Waals surface area contributed by atoms with Gasteiger partial charge in [0, 0.05) is 12.6 Å². The monoisotopic (exact) mass is 256 g/mol. The zero-order valence-corrected chi connectivity index (χ0v) is 9.89. The number of hydrogen-bond donors (Lipinski definition) is 3. The average Bonchev–Trinajstić information content (AvgIpc) is 2.23. The molecule has 0 aliphatic rings. The van der Waals surface area contributed by atoms with Crippen LogP contribution in [0.2, 0.25) is 0 Å². The van der Waals surface area contributed by atoms with E-state index in [1.807, 2.05) is 0 Å². The van der Waals surface area contributed by atoms with E-state index >= 15 is 0 Å². The molecule has 0 heterocycles. The Balaban J connectivity index is 2.50. The highest BCUT2D eigenvalue weighted by molar-refractivity contribution is 7.80. The van der Waals surface area contributed by atoms with Crippen molar-refractivity contribution in [3.8, 4) is 5.75 Å². The maximum Gasteiger partial charge on any atom is 0.254 e. The summed E-state index contributed by atoms with van der Waals surface area (Å²) in [5, 5.41) is 11.5. The summed E-state index contributed by atoms with van der Waals surface area (Å²) in [4.78, 5) is 11.9. The number of aromatic hydroxyl groups is 1. The lowest BCUT2D eigenvalue weighted by atomic mass is 10.2. The number of hydrogen-bond acceptors (Lipinski definition) is 3. The van der Waals surface area contributed by atoms with E-state index in [1.165, 1.54) is 12.1 Å². The molecule has 1 aromatic rings. The van der Waals surface area contributed by atoms with Gasteiger partial charge in [0.1, 0.15) is 11.6 Å². The topological polar surface area (TPSA) is 75.3 Å². The minimum Gasteiger partial charge on any atom is -0.508 e. The predicted molar refractivity (Wildman–Crippen MR) is 66.4 cm³/mol. The van der Waals surface area contributed by atoms with Crippen LogP contribution in [0, 0.1) is 5.82 Å². The summed E-state index contributed by atoms with van der Waals surface area (Å²) < 4.78 is 13.3. The summed E-state index contributed by atoms with van der Waals surface area (Å²) in [5.74, 6) is -1.49. The SMILES string of the molecule is NC(=S)CCCNC(=O)c1ccc(O)cc1F. The molecule has 0 atom stereocenters. The highest BCUT2D eigenvalue weighted by Crippen LogP contribution is 2.14. The van der Waals surface area contributed by atoms with Gasteiger partial charge in [0.05, 0.1) is 10.6 Å². The van der Waals surface area contributed by atoms with E-state index in [1.54, 1.807) is 0 Å². The molecule has 4 N–H and O–H groups in total. The molecule has 0 aromatic heterocycles. The lowest BCUT2D eigenvalue weighted by Crippen LogP contribution is -2.26. The molecule has 4 nitrogen and oxygen atoms in total. The van der Waals surface area contributed by atoms with Crippen molar-refractivity contribution < 1.29 is 14.3 Å². The summed E-state index contributed by atoms with van der Waals surface area (Å²) in [6, 6.07) is 3.38. The normalized spacial score (nSPS) is 9.94. The molecule has 1 amide bonds. The largest absolute Gasteiger partial charge is 0.508 e. The number of benzene rings is 1. The van der Waals surface area contributed by atoms with E-state index in [2.05, 4.69) is 17.5 Å². The summed E-state index contributed by atoms with van der Waals surface area (Å²) >= 11 is 4.68. The Bertz CT molecular complexity index is 437. The number of amides is 1. The first-order chi connectivity index (χ1) is 8.00. The molecule has 0 radical (unpaired) electrons. The molecular weight excluding hydrogens is 243 g/mol. The number of carbonyl (C=O) groups is 1. The Morgan fingerprint density at radius 3 is 2.82 bits per heavy atom. The van der Waals surface area contributed by atoms with E-state index in [4.69, 9.17) is 10.8 Å². The van der Waals surface area contributed by atoms with Crippen LogP contribution in [0.25, 0.3) is 0 Å². The van der Waals surface area contributed by atoms with Crippen molar-refractivity contribution in [1.29, 1.82) is 0 Å². The lowest BCUT2D eigenvalue weighted by Gasteiger charge is -2.06. The fourth-order valence-corrected chi connectivity index (χ4v) is 1.39. The van der Waals surface area contributed by atoms with Gasteiger partial charge in [-0.3, -0.25) is 4.79 Å². The molecule has 17 heavy (non-hydrogen) atoms. The zero-order chi connectivity index (χ0) is 12.8. The van der Waals surface area contributed by atoms with Crippen LogP contribution in [-0.4, -0.2) is 22.5 Å². The minimum absolute atomic E-state index is 0.0990. The molecule has 0 bridgehead atoms. The van der Waals surface area contributed by atoms with Crippen molar-refractivity contribution in [3.05, 3.63) is 29.6 Å². The van der Waals surface area contributed by atoms with Crippen LogP contribution in [0.1, 0.15) is 23.2 Å². The summed E-state index contributed by atoms with van der Waals surface area (Å²) in [7, 11) is 0. The van der Waals surface area contributed by atoms with Crippen molar-refractivity contribution in [2.75, 3.05) is 6.54 Å². The molecule has 92 valence electrons. The van der Waals surface area contributed by atoms with Gasteiger partial charge in [-0.05, 0) is 25.0 Å². The van der Waals surface area contributed by atoms with Gasteiger partial charge in [-0.1, -0.05) is 12.2 Å². The van der Waals surface area contributed by atoms with Crippen LogP contribution >= 0.6 is 12.2 Å². The second-order valence-corrected chi connectivity index (χ2v) is 4.01. The van der Waals surface area contributed by atoms with Crippen molar-refractivity contribution in [1.82, 2.24) is 5.32 Å². The average molecular weight is 256 g/mol. The molecule has 0 fully saturated rings. The van der Waals surface area contributed by atoms with Gasteiger partial charge in [0.25, 0.3) is 5.91 Å². The van der Waals surface area contributed by atoms with E-state index in [0.29, 0.717) is 24.4 Å². The number of phenolic OH excluding ortho intramolecular Hbond substituents is 1. The van der Waals surface area contributed by atoms with Crippen LogP contribution in [0.5, 0.6) is 5.75 Å². The highest BCUT2D eigenvalue weighted by Gasteiger charge is 2.11. The summed E-state index contributed by atoms with van der Waals surface area (Å²) in [6.45, 7) is 0.372. The maximum atomic E-state index is 13.3. The fourth-order valence-electron chi connectivity index (χ4n) is 1.25. The number of nitrogens with two attached hydrogens (primary N) is 1. The molecule has 6 heteroatoms. The minimum atomic E-state index is -0.753. The number of carbonyl (C=O) groups excluding carboxylic acids is 1.